The minimum absolute atomic E-state index is 0.872. The van der Waals surface area contributed by atoms with Crippen LogP contribution in [0, 0.1) is 17.8 Å². The molecule has 1 heterocycles. The third-order valence-electron chi connectivity index (χ3n) is 2.71. The van der Waals surface area contributed by atoms with Gasteiger partial charge in [0.1, 0.15) is 0 Å². The van der Waals surface area contributed by atoms with Crippen molar-refractivity contribution in [3.05, 3.63) is 0 Å². The molecule has 1 nitrogen and oxygen atoms in total. The van der Waals surface area contributed by atoms with E-state index in [1.54, 1.807) is 0 Å². The second-order valence-corrected chi connectivity index (χ2v) is 3.88. The highest BCUT2D eigenvalue weighted by molar-refractivity contribution is 4.76. The average Bonchev–Trinajstić information content (AvgIpc) is 1.88. The summed E-state index contributed by atoms with van der Waals surface area (Å²) in [6.07, 6.45) is 1.37. The molecule has 0 radical (unpaired) electrons. The molecule has 1 saturated heterocycles. The Hall–Kier alpha value is -0.0400. The van der Waals surface area contributed by atoms with Crippen molar-refractivity contribution in [3.8, 4) is 0 Å². The summed E-state index contributed by atoms with van der Waals surface area (Å²) in [6.45, 7) is 9.49. The minimum atomic E-state index is 0.872. The minimum Gasteiger partial charge on any atom is -0.316 e. The lowest BCUT2D eigenvalue weighted by atomic mass is 9.80. The predicted molar refractivity (Wildman–Crippen MR) is 45.0 cm³/mol. The maximum Gasteiger partial charge on any atom is -0.00204 e. The third kappa shape index (κ3) is 1.72. The zero-order valence-corrected chi connectivity index (χ0v) is 7.35. The van der Waals surface area contributed by atoms with Gasteiger partial charge in [0.05, 0.1) is 0 Å². The van der Waals surface area contributed by atoms with Crippen molar-refractivity contribution in [1.29, 1.82) is 0 Å². The maximum absolute atomic E-state index is 3.42. The Morgan fingerprint density at radius 1 is 1.40 bits per heavy atom. The Morgan fingerprint density at radius 3 is 2.50 bits per heavy atom. The molecule has 1 N–H and O–H groups in total. The van der Waals surface area contributed by atoms with Gasteiger partial charge in [-0.2, -0.15) is 0 Å². The van der Waals surface area contributed by atoms with Crippen molar-refractivity contribution in [2.24, 2.45) is 17.8 Å². The van der Waals surface area contributed by atoms with Crippen molar-refractivity contribution in [3.63, 3.8) is 0 Å². The van der Waals surface area contributed by atoms with Crippen LogP contribution in [0.25, 0.3) is 0 Å². The number of hydrogen-bond donors (Lipinski definition) is 1. The van der Waals surface area contributed by atoms with Gasteiger partial charge in [-0.15, -0.1) is 0 Å². The Labute approximate surface area is 64.2 Å². The molecule has 0 aromatic carbocycles. The molecule has 1 aliphatic heterocycles. The van der Waals surface area contributed by atoms with Crippen LogP contribution >= 0.6 is 0 Å². The Bertz CT molecular complexity index is 98.9. The molecule has 2 atom stereocenters. The summed E-state index contributed by atoms with van der Waals surface area (Å²) < 4.78 is 0. The Kier molecular flexibility index (Phi) is 2.72. The fourth-order valence-corrected chi connectivity index (χ4v) is 2.02. The van der Waals surface area contributed by atoms with Crippen LogP contribution in [0.2, 0.25) is 0 Å². The topological polar surface area (TPSA) is 12.0 Å². The summed E-state index contributed by atoms with van der Waals surface area (Å²) >= 11 is 0. The van der Waals surface area contributed by atoms with Crippen molar-refractivity contribution < 1.29 is 0 Å². The fourth-order valence-electron chi connectivity index (χ4n) is 2.02. The van der Waals surface area contributed by atoms with Gasteiger partial charge in [0.25, 0.3) is 0 Å². The summed E-state index contributed by atoms with van der Waals surface area (Å²) in [4.78, 5) is 0. The van der Waals surface area contributed by atoms with E-state index in [4.69, 9.17) is 0 Å². The molecular formula is C9H19N. The molecule has 1 heteroatoms. The SMILES string of the molecule is CC(C)C1CCNCC1C. The van der Waals surface area contributed by atoms with Gasteiger partial charge in [0.2, 0.25) is 0 Å². The highest BCUT2D eigenvalue weighted by Crippen LogP contribution is 2.25. The smallest absolute Gasteiger partial charge is 0.00204 e. The van der Waals surface area contributed by atoms with Gasteiger partial charge in [-0.05, 0) is 37.3 Å². The molecule has 1 rings (SSSR count). The molecule has 1 fully saturated rings. The van der Waals surface area contributed by atoms with Crippen molar-refractivity contribution in [2.75, 3.05) is 13.1 Å². The lowest BCUT2D eigenvalue weighted by Gasteiger charge is -2.32. The lowest BCUT2D eigenvalue weighted by Crippen LogP contribution is -2.37. The summed E-state index contributed by atoms with van der Waals surface area (Å²) in [5, 5.41) is 3.42. The predicted octanol–water partition coefficient (Wildman–Crippen LogP) is 1.89. The van der Waals surface area contributed by atoms with E-state index in [2.05, 4.69) is 26.1 Å². The molecule has 0 spiro atoms. The molecular weight excluding hydrogens is 122 g/mol. The van der Waals surface area contributed by atoms with Crippen molar-refractivity contribution in [2.45, 2.75) is 27.2 Å². The third-order valence-corrected chi connectivity index (χ3v) is 2.71. The zero-order valence-electron chi connectivity index (χ0n) is 7.35. The molecule has 2 unspecified atom stereocenters. The number of nitrogens with one attached hydrogen (secondary N) is 1. The zero-order chi connectivity index (χ0) is 7.56. The maximum atomic E-state index is 3.42. The van der Waals surface area contributed by atoms with Crippen LogP contribution in [0.1, 0.15) is 27.2 Å². The quantitative estimate of drug-likeness (QED) is 0.588. The van der Waals surface area contributed by atoms with Crippen LogP contribution in [0.4, 0.5) is 0 Å². The van der Waals surface area contributed by atoms with E-state index >= 15 is 0 Å². The highest BCUT2D eigenvalue weighted by atomic mass is 14.9. The standard InChI is InChI=1S/C9H19N/c1-7(2)9-4-5-10-6-8(9)3/h7-10H,4-6H2,1-3H3. The van der Waals surface area contributed by atoms with E-state index in [0.717, 1.165) is 17.8 Å². The fraction of sp³-hybridized carbons (Fsp3) is 1.00. The summed E-state index contributed by atoms with van der Waals surface area (Å²) in [7, 11) is 0. The average molecular weight is 141 g/mol. The van der Waals surface area contributed by atoms with Gasteiger partial charge >= 0.3 is 0 Å². The first-order valence-corrected chi connectivity index (χ1v) is 4.42. The van der Waals surface area contributed by atoms with Crippen LogP contribution < -0.4 is 5.32 Å². The van der Waals surface area contributed by atoms with Crippen LogP contribution in [-0.4, -0.2) is 13.1 Å². The van der Waals surface area contributed by atoms with Crippen LogP contribution in [0.15, 0.2) is 0 Å². The van der Waals surface area contributed by atoms with Crippen LogP contribution in [0.3, 0.4) is 0 Å². The van der Waals surface area contributed by atoms with Crippen LogP contribution in [-0.2, 0) is 0 Å². The van der Waals surface area contributed by atoms with E-state index in [1.807, 2.05) is 0 Å². The van der Waals surface area contributed by atoms with Crippen molar-refractivity contribution >= 4 is 0 Å². The first-order chi connectivity index (χ1) is 4.72. The first kappa shape index (κ1) is 8.06. The molecule has 0 aromatic heterocycles. The van der Waals surface area contributed by atoms with Gasteiger partial charge in [0, 0.05) is 0 Å². The molecule has 0 amide bonds. The molecule has 0 aromatic rings. The summed E-state index contributed by atoms with van der Waals surface area (Å²) in [5.74, 6) is 2.71. The summed E-state index contributed by atoms with van der Waals surface area (Å²) in [5.41, 5.74) is 0. The molecule has 0 saturated carbocycles. The van der Waals surface area contributed by atoms with Gasteiger partial charge in [-0.3, -0.25) is 0 Å². The van der Waals surface area contributed by atoms with Gasteiger partial charge < -0.3 is 5.32 Å². The Morgan fingerprint density at radius 2 is 2.10 bits per heavy atom. The molecule has 60 valence electrons. The van der Waals surface area contributed by atoms with Gasteiger partial charge in [-0.1, -0.05) is 20.8 Å². The number of hydrogen-bond acceptors (Lipinski definition) is 1. The van der Waals surface area contributed by atoms with E-state index < -0.39 is 0 Å². The van der Waals surface area contributed by atoms with Crippen molar-refractivity contribution in [1.82, 2.24) is 5.32 Å². The van der Waals surface area contributed by atoms with E-state index in [-0.39, 0.29) is 0 Å². The Balaban J connectivity index is 2.40. The summed E-state index contributed by atoms with van der Waals surface area (Å²) in [6, 6.07) is 0. The molecule has 1 aliphatic rings. The normalized spacial score (nSPS) is 34.8. The molecule has 10 heavy (non-hydrogen) atoms. The monoisotopic (exact) mass is 141 g/mol. The number of rotatable bonds is 1. The molecule has 0 bridgehead atoms. The van der Waals surface area contributed by atoms with E-state index in [1.165, 1.54) is 19.5 Å². The van der Waals surface area contributed by atoms with Crippen LogP contribution in [0.5, 0.6) is 0 Å². The largest absolute Gasteiger partial charge is 0.316 e. The highest BCUT2D eigenvalue weighted by Gasteiger charge is 2.23. The molecule has 0 aliphatic carbocycles. The second-order valence-electron chi connectivity index (χ2n) is 3.88. The lowest BCUT2D eigenvalue weighted by molar-refractivity contribution is 0.210. The van der Waals surface area contributed by atoms with Gasteiger partial charge in [-0.25, -0.2) is 0 Å². The van der Waals surface area contributed by atoms with E-state index in [9.17, 15) is 0 Å². The second kappa shape index (κ2) is 3.38. The van der Waals surface area contributed by atoms with Gasteiger partial charge in [0.15, 0.2) is 0 Å². The number of piperidine rings is 1. The van der Waals surface area contributed by atoms with E-state index in [0.29, 0.717) is 0 Å². The first-order valence-electron chi connectivity index (χ1n) is 4.42.